The maximum Gasteiger partial charge on any atom is 0.323 e. The number of thioether (sulfide) groups is 1. The van der Waals surface area contributed by atoms with E-state index in [-0.39, 0.29) is 17.4 Å². The molecule has 5 rings (SSSR count). The summed E-state index contributed by atoms with van der Waals surface area (Å²) < 4.78 is 10.9. The van der Waals surface area contributed by atoms with E-state index in [0.717, 1.165) is 28.0 Å². The Balaban J connectivity index is 1.38. The predicted molar refractivity (Wildman–Crippen MR) is 124 cm³/mol. The van der Waals surface area contributed by atoms with Crippen molar-refractivity contribution < 1.29 is 33.8 Å². The molecule has 2 fully saturated rings. The van der Waals surface area contributed by atoms with Crippen molar-refractivity contribution in [2.24, 2.45) is 5.92 Å². The number of ether oxygens (including phenoxy) is 2. The molecule has 3 atom stereocenters. The lowest BCUT2D eigenvalue weighted by molar-refractivity contribution is -0.149. The fourth-order valence-electron chi connectivity index (χ4n) is 4.54. The van der Waals surface area contributed by atoms with Crippen LogP contribution in [0.25, 0.3) is 0 Å². The molecule has 13 heteroatoms. The SMILES string of the molecule is O=C(O)CN1C(=O)[C@@H]2[C@H](c3ccc(OCC(=O)N4CCOCC4)cc3)c3sc(=O)[nH]c3S[C@@H]2C1=O. The van der Waals surface area contributed by atoms with E-state index in [1.165, 1.54) is 0 Å². The molecule has 3 aliphatic heterocycles. The quantitative estimate of drug-likeness (QED) is 0.516. The fourth-order valence-corrected chi connectivity index (χ4v) is 7.08. The van der Waals surface area contributed by atoms with Crippen LogP contribution in [0.2, 0.25) is 0 Å². The van der Waals surface area contributed by atoms with Crippen molar-refractivity contribution in [1.82, 2.24) is 14.8 Å². The molecule has 2 aromatic rings. The lowest BCUT2D eigenvalue weighted by Gasteiger charge is -2.30. The number of fused-ring (bicyclic) bond motifs is 2. The van der Waals surface area contributed by atoms with E-state index in [1.807, 2.05) is 0 Å². The van der Waals surface area contributed by atoms with Crippen LogP contribution in [0.15, 0.2) is 34.1 Å². The molecular weight excluding hydrogens is 498 g/mol. The summed E-state index contributed by atoms with van der Waals surface area (Å²) in [6, 6.07) is 6.81. The molecule has 0 aliphatic carbocycles. The predicted octanol–water partition coefficient (Wildman–Crippen LogP) is 0.350. The van der Waals surface area contributed by atoms with E-state index in [2.05, 4.69) is 4.98 Å². The molecule has 11 nitrogen and oxygen atoms in total. The summed E-state index contributed by atoms with van der Waals surface area (Å²) in [5.74, 6) is -3.52. The molecule has 0 saturated carbocycles. The first-order valence-corrected chi connectivity index (χ1v) is 12.6. The van der Waals surface area contributed by atoms with Crippen molar-refractivity contribution in [2.45, 2.75) is 16.2 Å². The molecule has 2 N–H and O–H groups in total. The number of aliphatic carboxylic acids is 1. The smallest absolute Gasteiger partial charge is 0.323 e. The lowest BCUT2D eigenvalue weighted by atomic mass is 9.83. The minimum Gasteiger partial charge on any atom is -0.484 e. The van der Waals surface area contributed by atoms with Crippen LogP contribution in [0.3, 0.4) is 0 Å². The number of aromatic amines is 1. The van der Waals surface area contributed by atoms with Crippen molar-refractivity contribution in [1.29, 1.82) is 0 Å². The highest BCUT2D eigenvalue weighted by atomic mass is 32.2. The Morgan fingerprint density at radius 2 is 1.83 bits per heavy atom. The van der Waals surface area contributed by atoms with Gasteiger partial charge in [-0.25, -0.2) is 0 Å². The number of carbonyl (C=O) groups is 4. The zero-order valence-corrected chi connectivity index (χ0v) is 19.9. The maximum absolute atomic E-state index is 13.1. The topological polar surface area (TPSA) is 146 Å². The molecule has 3 amide bonds. The Kier molecular flexibility index (Phi) is 6.38. The number of aromatic nitrogens is 1. The first-order chi connectivity index (χ1) is 16.8. The highest BCUT2D eigenvalue weighted by Gasteiger charge is 2.56. The van der Waals surface area contributed by atoms with Gasteiger partial charge in [0.25, 0.3) is 5.91 Å². The van der Waals surface area contributed by atoms with Gasteiger partial charge in [-0.3, -0.25) is 28.9 Å². The van der Waals surface area contributed by atoms with Crippen molar-refractivity contribution in [2.75, 3.05) is 39.5 Å². The van der Waals surface area contributed by atoms with E-state index in [9.17, 15) is 24.0 Å². The van der Waals surface area contributed by atoms with Crippen LogP contribution < -0.4 is 9.61 Å². The third kappa shape index (κ3) is 4.46. The highest BCUT2D eigenvalue weighted by molar-refractivity contribution is 8.00. The number of imide groups is 1. The van der Waals surface area contributed by atoms with E-state index < -0.39 is 41.4 Å². The number of rotatable bonds is 6. The molecule has 4 heterocycles. The summed E-state index contributed by atoms with van der Waals surface area (Å²) in [4.78, 5) is 67.2. The van der Waals surface area contributed by atoms with Crippen LogP contribution in [0.5, 0.6) is 5.75 Å². The molecule has 1 aromatic heterocycles. The van der Waals surface area contributed by atoms with Gasteiger partial charge in [0.15, 0.2) is 6.61 Å². The zero-order valence-electron chi connectivity index (χ0n) is 18.3. The summed E-state index contributed by atoms with van der Waals surface area (Å²) >= 11 is 2.06. The number of carboxylic acid groups (broad SMARTS) is 1. The van der Waals surface area contributed by atoms with Crippen molar-refractivity contribution in [3.05, 3.63) is 44.4 Å². The van der Waals surface area contributed by atoms with Gasteiger partial charge in [0.1, 0.15) is 17.5 Å². The Morgan fingerprint density at radius 3 is 2.51 bits per heavy atom. The molecule has 3 aliphatic rings. The van der Waals surface area contributed by atoms with Crippen molar-refractivity contribution in [3.8, 4) is 5.75 Å². The van der Waals surface area contributed by atoms with Crippen molar-refractivity contribution >= 4 is 46.8 Å². The second kappa shape index (κ2) is 9.47. The number of H-pyrrole nitrogens is 1. The molecule has 0 unspecified atom stereocenters. The molecular formula is C22H21N3O8S2. The summed E-state index contributed by atoms with van der Waals surface area (Å²) in [5.41, 5.74) is 0.682. The van der Waals surface area contributed by atoms with Crippen LogP contribution >= 0.6 is 23.1 Å². The van der Waals surface area contributed by atoms with Gasteiger partial charge in [-0.2, -0.15) is 0 Å². The molecule has 0 radical (unpaired) electrons. The Labute approximate surface area is 207 Å². The van der Waals surface area contributed by atoms with Crippen LogP contribution in [-0.2, 0) is 23.9 Å². The van der Waals surface area contributed by atoms with Gasteiger partial charge in [-0.05, 0) is 17.7 Å². The first kappa shape index (κ1) is 23.6. The number of benzene rings is 1. The average Bonchev–Trinajstić information content (AvgIpc) is 3.33. The van der Waals surface area contributed by atoms with Gasteiger partial charge in [0.05, 0.1) is 24.2 Å². The third-order valence-corrected chi connectivity index (χ3v) is 8.58. The minimum atomic E-state index is -1.27. The number of thiazole rings is 1. The van der Waals surface area contributed by atoms with Gasteiger partial charge in [-0.15, -0.1) is 0 Å². The molecule has 2 saturated heterocycles. The summed E-state index contributed by atoms with van der Waals surface area (Å²) in [5, 5.41) is 8.84. The monoisotopic (exact) mass is 519 g/mol. The average molecular weight is 520 g/mol. The third-order valence-electron chi connectivity index (χ3n) is 6.17. The summed E-state index contributed by atoms with van der Waals surface area (Å²) in [6.45, 7) is 1.23. The molecule has 35 heavy (non-hydrogen) atoms. The van der Waals surface area contributed by atoms with E-state index in [0.29, 0.717) is 47.5 Å². The number of nitrogens with zero attached hydrogens (tertiary/aromatic N) is 2. The maximum atomic E-state index is 13.1. The van der Waals surface area contributed by atoms with Crippen LogP contribution in [0.4, 0.5) is 0 Å². The number of hydrogen-bond acceptors (Lipinski definition) is 9. The Morgan fingerprint density at radius 1 is 1.11 bits per heavy atom. The number of likely N-dealkylation sites (tertiary alicyclic amines) is 1. The largest absolute Gasteiger partial charge is 0.484 e. The molecule has 0 bridgehead atoms. The number of amides is 3. The second-order valence-electron chi connectivity index (χ2n) is 8.26. The number of carboxylic acids is 1. The van der Waals surface area contributed by atoms with E-state index >= 15 is 0 Å². The standard InChI is InChI=1S/C22H21N3O8S2/c26-13(24-5-7-32-8-6-24)10-33-12-3-1-11(2-4-12)15-16-18(34-19-17(15)35-22(31)23-19)21(30)25(20(16)29)9-14(27)28/h1-4,15-16,18H,5-10H2,(H,23,31)(H,27,28)/t15-,16+,18-/m0/s1. The first-order valence-electron chi connectivity index (χ1n) is 10.9. The van der Waals surface area contributed by atoms with Gasteiger partial charge in [0.2, 0.25) is 11.8 Å². The summed E-state index contributed by atoms with van der Waals surface area (Å²) in [6.07, 6.45) is 0. The van der Waals surface area contributed by atoms with Crippen molar-refractivity contribution in [3.63, 3.8) is 0 Å². The number of morpholine rings is 1. The molecule has 0 spiro atoms. The fraction of sp³-hybridized carbons (Fsp3) is 0.409. The minimum absolute atomic E-state index is 0.120. The van der Waals surface area contributed by atoms with Crippen LogP contribution in [-0.4, -0.2) is 88.3 Å². The Hall–Kier alpha value is -3.16. The zero-order chi connectivity index (χ0) is 24.7. The van der Waals surface area contributed by atoms with Gasteiger partial charge in [-0.1, -0.05) is 35.2 Å². The van der Waals surface area contributed by atoms with E-state index in [4.69, 9.17) is 14.6 Å². The van der Waals surface area contributed by atoms with Gasteiger partial charge < -0.3 is 24.5 Å². The van der Waals surface area contributed by atoms with E-state index in [1.54, 1.807) is 29.2 Å². The van der Waals surface area contributed by atoms with Crippen LogP contribution in [0, 0.1) is 5.92 Å². The highest BCUT2D eigenvalue weighted by Crippen LogP contribution is 2.52. The molecule has 1 aromatic carbocycles. The van der Waals surface area contributed by atoms with Gasteiger partial charge in [0, 0.05) is 23.9 Å². The number of hydrogen-bond donors (Lipinski definition) is 2. The summed E-state index contributed by atoms with van der Waals surface area (Å²) in [7, 11) is 0. The lowest BCUT2D eigenvalue weighted by Crippen LogP contribution is -2.42. The van der Waals surface area contributed by atoms with Gasteiger partial charge >= 0.3 is 10.8 Å². The molecule has 184 valence electrons. The normalized spacial score (nSPS) is 23.7. The van der Waals surface area contributed by atoms with Crippen LogP contribution in [0.1, 0.15) is 16.4 Å². The number of nitrogens with one attached hydrogen (secondary N) is 1. The number of carbonyl (C=O) groups excluding carboxylic acids is 3. The Bertz CT molecular complexity index is 1230. The second-order valence-corrected chi connectivity index (χ2v) is 10.4.